The third-order valence-electron chi connectivity index (χ3n) is 4.51. The molecule has 0 radical (unpaired) electrons. The summed E-state index contributed by atoms with van der Waals surface area (Å²) in [6, 6.07) is 8.08. The highest BCUT2D eigenvalue weighted by atomic mass is 16.3. The van der Waals surface area contributed by atoms with E-state index in [-0.39, 0.29) is 11.7 Å². The number of nitrogens with zero attached hydrogens (tertiary/aromatic N) is 1. The zero-order valence-corrected chi connectivity index (χ0v) is 12.6. The molecule has 0 aromatic heterocycles. The molecule has 1 saturated carbocycles. The highest BCUT2D eigenvalue weighted by Crippen LogP contribution is 2.32. The number of piperidine rings is 1. The molecule has 0 bridgehead atoms. The van der Waals surface area contributed by atoms with Crippen molar-refractivity contribution >= 4 is 5.91 Å². The molecule has 0 spiro atoms. The number of phenolic OH excluding ortho intramolecular Hbond substituents is 1. The van der Waals surface area contributed by atoms with Crippen molar-refractivity contribution in [1.82, 2.24) is 10.2 Å². The Morgan fingerprint density at radius 2 is 2.19 bits per heavy atom. The Morgan fingerprint density at radius 3 is 2.86 bits per heavy atom. The van der Waals surface area contributed by atoms with Gasteiger partial charge in [-0.2, -0.15) is 0 Å². The lowest BCUT2D eigenvalue weighted by molar-refractivity contribution is -0.138. The number of phenols is 1. The quantitative estimate of drug-likeness (QED) is 0.893. The van der Waals surface area contributed by atoms with Crippen LogP contribution in [-0.2, 0) is 11.3 Å². The summed E-state index contributed by atoms with van der Waals surface area (Å²) >= 11 is 0. The molecule has 2 atom stereocenters. The van der Waals surface area contributed by atoms with Crippen LogP contribution in [0.15, 0.2) is 24.3 Å². The Balaban J connectivity index is 1.70. The first-order valence-electron chi connectivity index (χ1n) is 7.95. The van der Waals surface area contributed by atoms with E-state index < -0.39 is 0 Å². The van der Waals surface area contributed by atoms with Crippen molar-refractivity contribution in [3.05, 3.63) is 29.8 Å². The molecule has 2 N–H and O–H groups in total. The first kappa shape index (κ1) is 14.4. The van der Waals surface area contributed by atoms with E-state index in [9.17, 15) is 9.90 Å². The largest absolute Gasteiger partial charge is 0.508 e. The number of rotatable bonds is 4. The number of aromatic hydroxyl groups is 1. The minimum atomic E-state index is 0.152. The topological polar surface area (TPSA) is 52.6 Å². The lowest BCUT2D eigenvalue weighted by atomic mass is 9.91. The third-order valence-corrected chi connectivity index (χ3v) is 4.51. The lowest BCUT2D eigenvalue weighted by Crippen LogP contribution is -2.44. The minimum Gasteiger partial charge on any atom is -0.508 e. The van der Waals surface area contributed by atoms with E-state index in [1.54, 1.807) is 12.1 Å². The molecule has 1 aliphatic heterocycles. The van der Waals surface area contributed by atoms with E-state index in [4.69, 9.17) is 0 Å². The van der Waals surface area contributed by atoms with Gasteiger partial charge in [0.25, 0.3) is 0 Å². The van der Waals surface area contributed by atoms with Gasteiger partial charge in [-0.05, 0) is 56.8 Å². The molecular weight excluding hydrogens is 264 g/mol. The molecule has 2 unspecified atom stereocenters. The van der Waals surface area contributed by atoms with Gasteiger partial charge >= 0.3 is 0 Å². The molecule has 2 fully saturated rings. The van der Waals surface area contributed by atoms with E-state index >= 15 is 0 Å². The fourth-order valence-electron chi connectivity index (χ4n) is 3.22. The van der Waals surface area contributed by atoms with Gasteiger partial charge in [-0.3, -0.25) is 4.79 Å². The van der Waals surface area contributed by atoms with E-state index in [2.05, 4.69) is 12.2 Å². The maximum Gasteiger partial charge on any atom is 0.226 e. The summed E-state index contributed by atoms with van der Waals surface area (Å²) in [5, 5.41) is 13.0. The predicted octanol–water partition coefficient (Wildman–Crippen LogP) is 2.27. The molecule has 4 nitrogen and oxygen atoms in total. The van der Waals surface area contributed by atoms with Gasteiger partial charge in [0.05, 0.1) is 0 Å². The van der Waals surface area contributed by atoms with Crippen LogP contribution in [0.2, 0.25) is 0 Å². The lowest BCUT2D eigenvalue weighted by Gasteiger charge is -2.32. The molecule has 1 aromatic rings. The van der Waals surface area contributed by atoms with Crippen LogP contribution >= 0.6 is 0 Å². The number of nitrogens with one attached hydrogen (secondary N) is 1. The summed E-state index contributed by atoms with van der Waals surface area (Å²) in [4.78, 5) is 14.9. The van der Waals surface area contributed by atoms with Crippen LogP contribution in [0.5, 0.6) is 5.75 Å². The summed E-state index contributed by atoms with van der Waals surface area (Å²) in [5.41, 5.74) is 1.01. The van der Waals surface area contributed by atoms with Crippen molar-refractivity contribution in [1.29, 1.82) is 0 Å². The summed E-state index contributed by atoms with van der Waals surface area (Å²) < 4.78 is 0. The maximum absolute atomic E-state index is 12.9. The van der Waals surface area contributed by atoms with Gasteiger partial charge in [-0.25, -0.2) is 0 Å². The second kappa shape index (κ2) is 6.06. The van der Waals surface area contributed by atoms with Gasteiger partial charge in [0.1, 0.15) is 5.75 Å². The number of hydrogen-bond donors (Lipinski definition) is 2. The second-order valence-electron chi connectivity index (χ2n) is 6.44. The van der Waals surface area contributed by atoms with Crippen molar-refractivity contribution in [2.24, 2.45) is 5.92 Å². The molecule has 1 heterocycles. The van der Waals surface area contributed by atoms with Crippen molar-refractivity contribution in [3.8, 4) is 5.75 Å². The normalized spacial score (nSPS) is 25.6. The summed E-state index contributed by atoms with van der Waals surface area (Å²) in [7, 11) is 0. The highest BCUT2D eigenvalue weighted by molar-refractivity contribution is 5.79. The van der Waals surface area contributed by atoms with Crippen molar-refractivity contribution in [2.75, 3.05) is 6.54 Å². The number of hydrogen-bond acceptors (Lipinski definition) is 3. The van der Waals surface area contributed by atoms with Gasteiger partial charge in [0.15, 0.2) is 0 Å². The number of carbonyl (C=O) groups excluding carboxylic acids is 1. The van der Waals surface area contributed by atoms with E-state index in [1.165, 1.54) is 0 Å². The summed E-state index contributed by atoms with van der Waals surface area (Å²) in [5.74, 6) is 0.722. The fraction of sp³-hybridized carbons (Fsp3) is 0.588. The highest BCUT2D eigenvalue weighted by Gasteiger charge is 2.36. The van der Waals surface area contributed by atoms with Crippen molar-refractivity contribution in [2.45, 2.75) is 51.2 Å². The Hall–Kier alpha value is -1.55. The maximum atomic E-state index is 12.9. The first-order chi connectivity index (χ1) is 10.1. The molecule has 4 heteroatoms. The molecule has 2 aliphatic rings. The second-order valence-corrected chi connectivity index (χ2v) is 6.44. The fourth-order valence-corrected chi connectivity index (χ4v) is 3.22. The summed E-state index contributed by atoms with van der Waals surface area (Å²) in [6.45, 7) is 3.70. The van der Waals surface area contributed by atoms with Crippen LogP contribution in [0.1, 0.15) is 38.2 Å². The van der Waals surface area contributed by atoms with Gasteiger partial charge in [-0.1, -0.05) is 12.1 Å². The average molecular weight is 288 g/mol. The average Bonchev–Trinajstić information content (AvgIpc) is 3.29. The Labute approximate surface area is 126 Å². The zero-order chi connectivity index (χ0) is 14.8. The molecular formula is C17H24N2O2. The van der Waals surface area contributed by atoms with Gasteiger partial charge in [0.2, 0.25) is 5.91 Å². The Bertz CT molecular complexity index is 513. The van der Waals surface area contributed by atoms with Crippen LogP contribution < -0.4 is 5.32 Å². The Kier molecular flexibility index (Phi) is 4.15. The first-order valence-corrected chi connectivity index (χ1v) is 7.95. The molecule has 1 aliphatic carbocycles. The number of carbonyl (C=O) groups is 1. The van der Waals surface area contributed by atoms with Crippen LogP contribution in [-0.4, -0.2) is 34.5 Å². The molecule has 1 saturated heterocycles. The SMILES string of the molecule is CC1CC(C(=O)N(Cc2cccc(O)c2)C2CC2)CCN1. The monoisotopic (exact) mass is 288 g/mol. The van der Waals surface area contributed by atoms with E-state index in [0.29, 0.717) is 24.5 Å². The van der Waals surface area contributed by atoms with Crippen LogP contribution in [0.25, 0.3) is 0 Å². The van der Waals surface area contributed by atoms with Gasteiger partial charge in [0, 0.05) is 24.5 Å². The molecule has 1 amide bonds. The number of amides is 1. The van der Waals surface area contributed by atoms with Crippen molar-refractivity contribution < 1.29 is 9.90 Å². The molecule has 114 valence electrons. The molecule has 1 aromatic carbocycles. The third kappa shape index (κ3) is 3.56. The van der Waals surface area contributed by atoms with E-state index in [1.807, 2.05) is 17.0 Å². The smallest absolute Gasteiger partial charge is 0.226 e. The number of benzene rings is 1. The molecule has 3 rings (SSSR count). The summed E-state index contributed by atoms with van der Waals surface area (Å²) in [6.07, 6.45) is 4.10. The van der Waals surface area contributed by atoms with Crippen molar-refractivity contribution in [3.63, 3.8) is 0 Å². The van der Waals surface area contributed by atoms with Gasteiger partial charge in [-0.15, -0.1) is 0 Å². The minimum absolute atomic E-state index is 0.152. The Morgan fingerprint density at radius 1 is 1.38 bits per heavy atom. The predicted molar refractivity (Wildman–Crippen MR) is 81.9 cm³/mol. The standard InChI is InChI=1S/C17H24N2O2/c1-12-9-14(7-8-18-12)17(21)19(15-5-6-15)11-13-3-2-4-16(20)10-13/h2-4,10,12,14-15,18,20H,5-9,11H2,1H3. The van der Waals surface area contributed by atoms with Gasteiger partial charge < -0.3 is 15.3 Å². The zero-order valence-electron chi connectivity index (χ0n) is 12.6. The van der Waals surface area contributed by atoms with E-state index in [0.717, 1.165) is 37.8 Å². The van der Waals surface area contributed by atoms with Crippen LogP contribution in [0.4, 0.5) is 0 Å². The van der Waals surface area contributed by atoms with Crippen LogP contribution in [0.3, 0.4) is 0 Å². The van der Waals surface area contributed by atoms with Crippen LogP contribution in [0, 0.1) is 5.92 Å². The molecule has 21 heavy (non-hydrogen) atoms.